The monoisotopic (exact) mass is 192 g/mol. The van der Waals surface area contributed by atoms with Crippen LogP contribution in [0.5, 0.6) is 5.75 Å². The van der Waals surface area contributed by atoms with Crippen LogP contribution in [-0.2, 0) is 0 Å². The maximum absolute atomic E-state index is 9.35. The van der Waals surface area contributed by atoms with Gasteiger partial charge in [-0.05, 0) is 12.1 Å². The summed E-state index contributed by atoms with van der Waals surface area (Å²) in [4.78, 5) is 4.12. The molecule has 0 amide bonds. The highest BCUT2D eigenvalue weighted by Crippen LogP contribution is 2.27. The highest BCUT2D eigenvalue weighted by atomic mass is 32.1. The van der Waals surface area contributed by atoms with Crippen LogP contribution >= 0.6 is 11.3 Å². The van der Waals surface area contributed by atoms with Crippen molar-refractivity contribution in [1.82, 2.24) is 4.98 Å². The number of phenolic OH excluding ortho intramolecular Hbond substituents is 1. The summed E-state index contributed by atoms with van der Waals surface area (Å²) in [6.45, 7) is 0. The molecule has 0 atom stereocenters. The topological polar surface area (TPSA) is 59.1 Å². The van der Waals surface area contributed by atoms with Gasteiger partial charge in [0.25, 0.3) is 0 Å². The van der Waals surface area contributed by atoms with Crippen LogP contribution in [0, 0.1) is 0 Å². The van der Waals surface area contributed by atoms with Gasteiger partial charge in [0.2, 0.25) is 0 Å². The van der Waals surface area contributed by atoms with Crippen molar-refractivity contribution in [2.45, 2.75) is 0 Å². The molecule has 0 spiro atoms. The number of nitrogens with two attached hydrogens (primary N) is 1. The zero-order valence-electron chi connectivity index (χ0n) is 6.77. The van der Waals surface area contributed by atoms with Crippen LogP contribution in [0.3, 0.4) is 0 Å². The molecule has 1 aromatic heterocycles. The van der Waals surface area contributed by atoms with Gasteiger partial charge in [-0.15, -0.1) is 11.3 Å². The van der Waals surface area contributed by atoms with Crippen LogP contribution in [0.2, 0.25) is 0 Å². The number of benzene rings is 1. The van der Waals surface area contributed by atoms with Crippen LogP contribution in [0.4, 0.5) is 5.69 Å². The zero-order chi connectivity index (χ0) is 9.26. The number of anilines is 1. The first-order valence-corrected chi connectivity index (χ1v) is 4.69. The van der Waals surface area contributed by atoms with E-state index in [0.717, 1.165) is 11.3 Å². The Labute approximate surface area is 79.5 Å². The highest BCUT2D eigenvalue weighted by molar-refractivity contribution is 7.07. The average Bonchev–Trinajstić information content (AvgIpc) is 2.62. The van der Waals surface area contributed by atoms with Crippen LogP contribution < -0.4 is 5.73 Å². The Morgan fingerprint density at radius 1 is 1.38 bits per heavy atom. The third-order valence-electron chi connectivity index (χ3n) is 1.76. The van der Waals surface area contributed by atoms with Crippen LogP contribution in [0.15, 0.2) is 29.1 Å². The first kappa shape index (κ1) is 8.07. The van der Waals surface area contributed by atoms with Crippen molar-refractivity contribution in [3.05, 3.63) is 29.1 Å². The lowest BCUT2D eigenvalue weighted by Crippen LogP contribution is -1.85. The van der Waals surface area contributed by atoms with Crippen molar-refractivity contribution < 1.29 is 5.11 Å². The Hall–Kier alpha value is -1.55. The first-order chi connectivity index (χ1) is 6.27. The lowest BCUT2D eigenvalue weighted by atomic mass is 10.1. The smallest absolute Gasteiger partial charge is 0.139 e. The summed E-state index contributed by atoms with van der Waals surface area (Å²) in [6.07, 6.45) is 0. The predicted octanol–water partition coefficient (Wildman–Crippen LogP) is 2.10. The van der Waals surface area contributed by atoms with Gasteiger partial charge >= 0.3 is 0 Å². The largest absolute Gasteiger partial charge is 0.506 e. The number of aromatic nitrogens is 1. The number of rotatable bonds is 1. The second-order valence-electron chi connectivity index (χ2n) is 2.65. The van der Waals surface area contributed by atoms with Gasteiger partial charge in [0.15, 0.2) is 0 Å². The fourth-order valence-corrected chi connectivity index (χ4v) is 1.62. The maximum Gasteiger partial charge on any atom is 0.139 e. The van der Waals surface area contributed by atoms with Gasteiger partial charge in [-0.2, -0.15) is 0 Å². The van der Waals surface area contributed by atoms with E-state index in [9.17, 15) is 5.11 Å². The maximum atomic E-state index is 9.35. The summed E-state index contributed by atoms with van der Waals surface area (Å²) < 4.78 is 0. The van der Waals surface area contributed by atoms with Gasteiger partial charge in [-0.25, -0.2) is 4.98 Å². The molecule has 0 saturated heterocycles. The number of nitrogen functional groups attached to an aromatic ring is 1. The van der Waals surface area contributed by atoms with E-state index in [1.54, 1.807) is 17.6 Å². The Balaban J connectivity index is 2.49. The van der Waals surface area contributed by atoms with Crippen LogP contribution in [0.25, 0.3) is 11.3 Å². The van der Waals surface area contributed by atoms with E-state index in [-0.39, 0.29) is 5.75 Å². The number of hydrogen-bond acceptors (Lipinski definition) is 4. The molecule has 4 heteroatoms. The molecule has 2 rings (SSSR count). The number of thiazole rings is 1. The molecule has 0 saturated carbocycles. The summed E-state index contributed by atoms with van der Waals surface area (Å²) >= 11 is 1.52. The number of aromatic hydroxyl groups is 1. The second kappa shape index (κ2) is 3.06. The van der Waals surface area contributed by atoms with Gasteiger partial charge in [0.05, 0.1) is 16.9 Å². The summed E-state index contributed by atoms with van der Waals surface area (Å²) in [5.74, 6) is 0.102. The Morgan fingerprint density at radius 2 is 2.23 bits per heavy atom. The molecule has 66 valence electrons. The molecule has 0 aliphatic carbocycles. The van der Waals surface area contributed by atoms with Crippen LogP contribution in [-0.4, -0.2) is 10.1 Å². The summed E-state index contributed by atoms with van der Waals surface area (Å²) in [7, 11) is 0. The van der Waals surface area contributed by atoms with E-state index < -0.39 is 0 Å². The van der Waals surface area contributed by atoms with E-state index in [1.807, 2.05) is 11.4 Å². The van der Waals surface area contributed by atoms with Crippen molar-refractivity contribution in [3.8, 4) is 17.0 Å². The van der Waals surface area contributed by atoms with Gasteiger partial charge in [-0.1, -0.05) is 6.07 Å². The molecular weight excluding hydrogens is 184 g/mol. The highest BCUT2D eigenvalue weighted by Gasteiger charge is 2.02. The average molecular weight is 192 g/mol. The van der Waals surface area contributed by atoms with E-state index >= 15 is 0 Å². The zero-order valence-corrected chi connectivity index (χ0v) is 7.58. The van der Waals surface area contributed by atoms with E-state index in [2.05, 4.69) is 4.98 Å². The molecule has 2 aromatic rings. The minimum Gasteiger partial charge on any atom is -0.506 e. The Morgan fingerprint density at radius 3 is 2.85 bits per heavy atom. The third-order valence-corrected chi connectivity index (χ3v) is 2.34. The molecule has 1 aromatic carbocycles. The van der Waals surface area contributed by atoms with Gasteiger partial charge in [0, 0.05) is 10.9 Å². The van der Waals surface area contributed by atoms with E-state index in [1.165, 1.54) is 11.3 Å². The fraction of sp³-hybridized carbons (Fsp3) is 0. The van der Waals surface area contributed by atoms with Gasteiger partial charge in [0.1, 0.15) is 5.75 Å². The van der Waals surface area contributed by atoms with Crippen molar-refractivity contribution in [1.29, 1.82) is 0 Å². The van der Waals surface area contributed by atoms with Crippen molar-refractivity contribution >= 4 is 17.0 Å². The standard InChI is InChI=1S/C9H8N2OS/c10-7-2-1-6(3-9(7)12)8-4-13-5-11-8/h1-5,12H,10H2. The molecule has 13 heavy (non-hydrogen) atoms. The minimum atomic E-state index is 0.102. The van der Waals surface area contributed by atoms with E-state index in [0.29, 0.717) is 5.69 Å². The molecule has 0 aliphatic rings. The molecular formula is C9H8N2OS. The molecule has 0 radical (unpaired) electrons. The number of nitrogens with zero attached hydrogens (tertiary/aromatic N) is 1. The third kappa shape index (κ3) is 1.48. The molecule has 0 unspecified atom stereocenters. The number of phenols is 1. The predicted molar refractivity (Wildman–Crippen MR) is 53.6 cm³/mol. The summed E-state index contributed by atoms with van der Waals surface area (Å²) in [5, 5.41) is 11.3. The first-order valence-electron chi connectivity index (χ1n) is 3.74. The van der Waals surface area contributed by atoms with Gasteiger partial charge < -0.3 is 10.8 Å². The molecule has 1 heterocycles. The quantitative estimate of drug-likeness (QED) is 0.537. The molecule has 0 fully saturated rings. The lowest BCUT2D eigenvalue weighted by Gasteiger charge is -2.00. The Kier molecular flexibility index (Phi) is 1.90. The summed E-state index contributed by atoms with van der Waals surface area (Å²) in [5.41, 5.74) is 9.36. The molecule has 0 aliphatic heterocycles. The minimum absolute atomic E-state index is 0.102. The van der Waals surface area contributed by atoms with E-state index in [4.69, 9.17) is 5.73 Å². The van der Waals surface area contributed by atoms with Crippen molar-refractivity contribution in [2.24, 2.45) is 0 Å². The molecule has 0 bridgehead atoms. The Bertz CT molecular complexity index is 412. The molecule has 3 nitrogen and oxygen atoms in total. The molecule has 3 N–H and O–H groups in total. The lowest BCUT2D eigenvalue weighted by molar-refractivity contribution is 0.478. The second-order valence-corrected chi connectivity index (χ2v) is 3.37. The van der Waals surface area contributed by atoms with Crippen molar-refractivity contribution in [2.75, 3.05) is 5.73 Å². The van der Waals surface area contributed by atoms with Gasteiger partial charge in [-0.3, -0.25) is 0 Å². The fourth-order valence-electron chi connectivity index (χ4n) is 1.06. The van der Waals surface area contributed by atoms with Crippen molar-refractivity contribution in [3.63, 3.8) is 0 Å². The SMILES string of the molecule is Nc1ccc(-c2cscn2)cc1O. The van der Waals surface area contributed by atoms with Crippen LogP contribution in [0.1, 0.15) is 0 Å². The normalized spacial score (nSPS) is 10.2. The number of hydrogen-bond donors (Lipinski definition) is 2. The summed E-state index contributed by atoms with van der Waals surface area (Å²) in [6, 6.07) is 5.12.